The number of anilines is 1. The molecule has 31 heavy (non-hydrogen) atoms. The average molecular weight is 435 g/mol. The topological polar surface area (TPSA) is 92.5 Å². The molecule has 3 aliphatic rings. The summed E-state index contributed by atoms with van der Waals surface area (Å²) in [7, 11) is -3.84. The Morgan fingerprint density at radius 2 is 1.71 bits per heavy atom. The fourth-order valence-electron chi connectivity index (χ4n) is 4.84. The van der Waals surface area contributed by atoms with Crippen LogP contribution >= 0.6 is 0 Å². The first-order chi connectivity index (χ1) is 15.1. The maximum atomic E-state index is 13.3. The number of aromatic nitrogens is 4. The van der Waals surface area contributed by atoms with Crippen molar-refractivity contribution in [3.05, 3.63) is 54.6 Å². The maximum absolute atomic E-state index is 13.3. The van der Waals surface area contributed by atoms with E-state index in [0.29, 0.717) is 17.8 Å². The largest absolute Gasteiger partial charge is 0.365 e. The van der Waals surface area contributed by atoms with E-state index in [-0.39, 0.29) is 15.6 Å². The van der Waals surface area contributed by atoms with Gasteiger partial charge in [0.15, 0.2) is 5.65 Å². The lowest BCUT2D eigenvalue weighted by molar-refractivity contribution is 0.0974. The van der Waals surface area contributed by atoms with Gasteiger partial charge in [-0.2, -0.15) is 4.52 Å². The van der Waals surface area contributed by atoms with Crippen LogP contribution in [0, 0.1) is 5.92 Å². The highest BCUT2D eigenvalue weighted by Crippen LogP contribution is 2.32. The molecule has 0 amide bonds. The standard InChI is InChI=1S/C22H22N6O2S/c29-31(30,16-6-2-1-3-7-16)22-21-24-20(23-18-14-27-12-10-15(18)11-13-27)17-8-4-5-9-19(17)28(21)26-25-22/h1-9,15,18H,10-14H2,(H,23,24)/t18-/m1/s1. The van der Waals surface area contributed by atoms with Crippen molar-refractivity contribution in [1.29, 1.82) is 0 Å². The fourth-order valence-corrected chi connectivity index (χ4v) is 6.10. The third kappa shape index (κ3) is 2.99. The molecule has 3 saturated heterocycles. The number of para-hydroxylation sites is 1. The van der Waals surface area contributed by atoms with Crippen LogP contribution < -0.4 is 5.32 Å². The molecule has 8 nitrogen and oxygen atoms in total. The predicted octanol–water partition coefficient (Wildman–Crippen LogP) is 2.62. The normalized spacial score (nSPS) is 23.4. The number of hydrogen-bond donors (Lipinski definition) is 1. The molecule has 2 aromatic heterocycles. The van der Waals surface area contributed by atoms with E-state index in [0.717, 1.165) is 30.5 Å². The summed E-state index contributed by atoms with van der Waals surface area (Å²) in [5, 5.41) is 12.6. The molecule has 3 aliphatic heterocycles. The highest BCUT2D eigenvalue weighted by Gasteiger charge is 2.35. The van der Waals surface area contributed by atoms with Gasteiger partial charge in [-0.25, -0.2) is 13.4 Å². The van der Waals surface area contributed by atoms with Gasteiger partial charge in [-0.15, -0.1) is 5.10 Å². The predicted molar refractivity (Wildman–Crippen MR) is 117 cm³/mol. The molecule has 0 aliphatic carbocycles. The third-order valence-corrected chi connectivity index (χ3v) is 8.17. The highest BCUT2D eigenvalue weighted by atomic mass is 32.2. The molecular weight excluding hydrogens is 412 g/mol. The Balaban J connectivity index is 1.51. The molecule has 0 radical (unpaired) electrons. The summed E-state index contributed by atoms with van der Waals surface area (Å²) in [6, 6.07) is 16.4. The van der Waals surface area contributed by atoms with Crippen LogP contribution in [0.3, 0.4) is 0 Å². The van der Waals surface area contributed by atoms with E-state index in [1.54, 1.807) is 30.3 Å². The Morgan fingerprint density at radius 1 is 0.968 bits per heavy atom. The van der Waals surface area contributed by atoms with E-state index in [1.807, 2.05) is 24.3 Å². The molecule has 5 heterocycles. The van der Waals surface area contributed by atoms with Crippen molar-refractivity contribution >= 4 is 32.2 Å². The number of sulfone groups is 1. The molecule has 7 rings (SSSR count). The second kappa shape index (κ2) is 7.00. The van der Waals surface area contributed by atoms with Crippen LogP contribution in [0.4, 0.5) is 5.82 Å². The van der Waals surface area contributed by atoms with Gasteiger partial charge in [0.25, 0.3) is 0 Å². The van der Waals surface area contributed by atoms with Gasteiger partial charge in [0.2, 0.25) is 14.9 Å². The Hall–Kier alpha value is -3.04. The number of piperidine rings is 3. The Morgan fingerprint density at radius 3 is 2.45 bits per heavy atom. The summed E-state index contributed by atoms with van der Waals surface area (Å²) in [5.41, 5.74) is 1.02. The van der Waals surface area contributed by atoms with Crippen molar-refractivity contribution in [2.24, 2.45) is 5.92 Å². The van der Waals surface area contributed by atoms with E-state index < -0.39 is 9.84 Å². The zero-order valence-corrected chi connectivity index (χ0v) is 17.7. The van der Waals surface area contributed by atoms with Crippen LogP contribution in [-0.4, -0.2) is 58.8 Å². The second-order valence-electron chi connectivity index (χ2n) is 8.31. The van der Waals surface area contributed by atoms with Crippen molar-refractivity contribution in [1.82, 2.24) is 24.7 Å². The van der Waals surface area contributed by atoms with Crippen molar-refractivity contribution in [2.75, 3.05) is 25.0 Å². The molecule has 158 valence electrons. The van der Waals surface area contributed by atoms with Gasteiger partial charge in [-0.05, 0) is 56.1 Å². The van der Waals surface area contributed by atoms with Crippen LogP contribution in [0.1, 0.15) is 12.8 Å². The number of benzene rings is 2. The van der Waals surface area contributed by atoms with E-state index in [1.165, 1.54) is 17.4 Å². The van der Waals surface area contributed by atoms with Crippen molar-refractivity contribution < 1.29 is 8.42 Å². The summed E-state index contributed by atoms with van der Waals surface area (Å²) < 4.78 is 28.1. The summed E-state index contributed by atoms with van der Waals surface area (Å²) in [6.07, 6.45) is 2.36. The van der Waals surface area contributed by atoms with E-state index in [2.05, 4.69) is 20.5 Å². The van der Waals surface area contributed by atoms with E-state index in [4.69, 9.17) is 4.98 Å². The quantitative estimate of drug-likeness (QED) is 0.528. The molecule has 0 saturated carbocycles. The minimum atomic E-state index is -3.84. The molecular formula is C22H22N6O2S. The molecule has 1 N–H and O–H groups in total. The van der Waals surface area contributed by atoms with Crippen LogP contribution in [0.25, 0.3) is 16.6 Å². The van der Waals surface area contributed by atoms with Gasteiger partial charge in [0.1, 0.15) is 5.82 Å². The molecule has 9 heteroatoms. The molecule has 0 unspecified atom stereocenters. The van der Waals surface area contributed by atoms with Crippen LogP contribution in [0.15, 0.2) is 64.5 Å². The molecule has 2 aromatic carbocycles. The number of nitrogens with one attached hydrogen (secondary N) is 1. The summed E-state index contributed by atoms with van der Waals surface area (Å²) in [4.78, 5) is 7.42. The van der Waals surface area contributed by atoms with Gasteiger partial charge in [0, 0.05) is 18.0 Å². The first-order valence-electron chi connectivity index (χ1n) is 10.5. The SMILES string of the molecule is O=S(=O)(c1ccccc1)c1nnn2c1nc(N[C@@H]1CN3CCC1CC3)c1ccccc12. The molecule has 2 bridgehead atoms. The molecule has 4 aromatic rings. The van der Waals surface area contributed by atoms with Gasteiger partial charge in [-0.3, -0.25) is 0 Å². The minimum Gasteiger partial charge on any atom is -0.365 e. The Kier molecular flexibility index (Phi) is 4.22. The molecule has 3 fully saturated rings. The molecule has 0 spiro atoms. The number of rotatable bonds is 4. The lowest BCUT2D eigenvalue weighted by Gasteiger charge is -2.45. The first-order valence-corrected chi connectivity index (χ1v) is 12.0. The van der Waals surface area contributed by atoms with Crippen LogP contribution in [0.2, 0.25) is 0 Å². The van der Waals surface area contributed by atoms with Crippen molar-refractivity contribution in [3.8, 4) is 0 Å². The Labute approximate surface area is 179 Å². The summed E-state index contributed by atoms with van der Waals surface area (Å²) in [6.45, 7) is 3.29. The lowest BCUT2D eigenvalue weighted by Crippen LogP contribution is -2.53. The Bertz CT molecular complexity index is 1380. The monoisotopic (exact) mass is 434 g/mol. The summed E-state index contributed by atoms with van der Waals surface area (Å²) in [5.74, 6) is 1.30. The number of hydrogen-bond acceptors (Lipinski definition) is 7. The first kappa shape index (κ1) is 18.7. The maximum Gasteiger partial charge on any atom is 0.229 e. The smallest absolute Gasteiger partial charge is 0.229 e. The third-order valence-electron chi connectivity index (χ3n) is 6.51. The second-order valence-corrected chi connectivity index (χ2v) is 10.2. The van der Waals surface area contributed by atoms with Crippen molar-refractivity contribution in [2.45, 2.75) is 28.8 Å². The van der Waals surface area contributed by atoms with E-state index >= 15 is 0 Å². The van der Waals surface area contributed by atoms with Crippen LogP contribution in [-0.2, 0) is 9.84 Å². The number of nitrogens with zero attached hydrogens (tertiary/aromatic N) is 5. The van der Waals surface area contributed by atoms with Gasteiger partial charge in [-0.1, -0.05) is 35.5 Å². The highest BCUT2D eigenvalue weighted by molar-refractivity contribution is 7.91. The van der Waals surface area contributed by atoms with Gasteiger partial charge >= 0.3 is 0 Å². The zero-order valence-electron chi connectivity index (χ0n) is 16.8. The lowest BCUT2D eigenvalue weighted by atomic mass is 9.84. The van der Waals surface area contributed by atoms with Gasteiger partial charge in [0.05, 0.1) is 10.4 Å². The number of fused-ring (bicyclic) bond motifs is 6. The average Bonchev–Trinajstić information content (AvgIpc) is 3.26. The molecule has 1 atom stereocenters. The van der Waals surface area contributed by atoms with E-state index in [9.17, 15) is 8.42 Å². The summed E-state index contributed by atoms with van der Waals surface area (Å²) >= 11 is 0. The zero-order chi connectivity index (χ0) is 21.0. The fraction of sp³-hybridized carbons (Fsp3) is 0.318. The van der Waals surface area contributed by atoms with Crippen LogP contribution in [0.5, 0.6) is 0 Å². The van der Waals surface area contributed by atoms with Crippen molar-refractivity contribution in [3.63, 3.8) is 0 Å². The minimum absolute atomic E-state index is 0.124. The van der Waals surface area contributed by atoms with Gasteiger partial charge < -0.3 is 10.2 Å².